The number of aromatic nitrogens is 2. The number of nitrogens with zero attached hydrogens (tertiary/aromatic N) is 4. The minimum atomic E-state index is -0.287. The molecule has 1 aliphatic rings. The van der Waals surface area contributed by atoms with Gasteiger partial charge in [0.2, 0.25) is 5.91 Å². The van der Waals surface area contributed by atoms with Gasteiger partial charge in [-0.2, -0.15) is 5.10 Å². The Hall–Kier alpha value is -3.06. The number of carbonyl (C=O) groups is 1. The Morgan fingerprint density at radius 1 is 1.03 bits per heavy atom. The quantitative estimate of drug-likeness (QED) is 0.449. The van der Waals surface area contributed by atoms with Crippen molar-refractivity contribution in [3.05, 3.63) is 82.7 Å². The van der Waals surface area contributed by atoms with Crippen molar-refractivity contribution in [2.45, 2.75) is 60.2 Å². The highest BCUT2D eigenvalue weighted by molar-refractivity contribution is 5.76. The van der Waals surface area contributed by atoms with Crippen LogP contribution in [0.2, 0.25) is 0 Å². The Morgan fingerprint density at radius 3 is 2.26 bits per heavy atom. The smallest absolute Gasteiger partial charge is 0.223 e. The second kappa shape index (κ2) is 10.3. The van der Waals surface area contributed by atoms with Crippen LogP contribution in [-0.2, 0) is 30.8 Å². The average molecular weight is 481 g/mol. The highest BCUT2D eigenvalue weighted by atomic mass is 19.1. The second-order valence-electron chi connectivity index (χ2n) is 10.5. The summed E-state index contributed by atoms with van der Waals surface area (Å²) in [6.07, 6.45) is 1.25. The first-order chi connectivity index (χ1) is 16.6. The summed E-state index contributed by atoms with van der Waals surface area (Å²) in [7, 11) is 0. The number of rotatable bonds is 7. The molecule has 7 heteroatoms. The molecule has 0 aliphatic carbocycles. The van der Waals surface area contributed by atoms with E-state index < -0.39 is 0 Å². The highest BCUT2D eigenvalue weighted by Gasteiger charge is 2.28. The van der Waals surface area contributed by atoms with Gasteiger partial charge in [-0.15, -0.1) is 0 Å². The normalized spacial score (nSPS) is 14.1. The molecular formula is C28H34F2N4O. The van der Waals surface area contributed by atoms with E-state index in [0.717, 1.165) is 41.2 Å². The third kappa shape index (κ3) is 6.14. The maximum atomic E-state index is 13.6. The fraction of sp³-hybridized carbons (Fsp3) is 0.429. The van der Waals surface area contributed by atoms with Crippen molar-refractivity contribution in [3.63, 3.8) is 0 Å². The number of halogens is 2. The van der Waals surface area contributed by atoms with Crippen LogP contribution in [-0.4, -0.2) is 38.6 Å². The summed E-state index contributed by atoms with van der Waals surface area (Å²) in [5.41, 5.74) is 4.86. The van der Waals surface area contributed by atoms with Crippen LogP contribution in [0, 0.1) is 17.0 Å². The van der Waals surface area contributed by atoms with Crippen molar-refractivity contribution in [1.29, 1.82) is 0 Å². The van der Waals surface area contributed by atoms with Gasteiger partial charge in [0.15, 0.2) is 0 Å². The summed E-state index contributed by atoms with van der Waals surface area (Å²) >= 11 is 0. The van der Waals surface area contributed by atoms with E-state index in [9.17, 15) is 13.6 Å². The molecule has 2 aromatic carbocycles. The number of carbonyl (C=O) groups excluding carboxylic acids is 1. The van der Waals surface area contributed by atoms with Gasteiger partial charge in [0.25, 0.3) is 0 Å². The topological polar surface area (TPSA) is 41.4 Å². The first-order valence-corrected chi connectivity index (χ1v) is 12.2. The molecule has 0 radical (unpaired) electrons. The van der Waals surface area contributed by atoms with Gasteiger partial charge < -0.3 is 4.90 Å². The van der Waals surface area contributed by atoms with Gasteiger partial charge >= 0.3 is 0 Å². The van der Waals surface area contributed by atoms with Crippen molar-refractivity contribution in [2.75, 3.05) is 13.1 Å². The van der Waals surface area contributed by atoms with Gasteiger partial charge in [-0.25, -0.2) is 13.5 Å². The monoisotopic (exact) mass is 480 g/mol. The highest BCUT2D eigenvalue weighted by Crippen LogP contribution is 2.28. The van der Waals surface area contributed by atoms with E-state index in [0.29, 0.717) is 32.6 Å². The summed E-state index contributed by atoms with van der Waals surface area (Å²) in [5.74, 6) is -0.411. The molecule has 0 saturated heterocycles. The van der Waals surface area contributed by atoms with Crippen LogP contribution in [0.4, 0.5) is 8.78 Å². The van der Waals surface area contributed by atoms with E-state index in [1.54, 1.807) is 12.1 Å². The van der Waals surface area contributed by atoms with E-state index in [4.69, 9.17) is 5.10 Å². The van der Waals surface area contributed by atoms with Crippen molar-refractivity contribution in [1.82, 2.24) is 19.6 Å². The maximum absolute atomic E-state index is 13.6. The number of hydrogen-bond acceptors (Lipinski definition) is 3. The van der Waals surface area contributed by atoms with Crippen molar-refractivity contribution in [3.8, 4) is 5.69 Å². The molecule has 0 fully saturated rings. The van der Waals surface area contributed by atoms with E-state index in [-0.39, 0.29) is 23.0 Å². The number of fused-ring (bicyclic) bond motifs is 1. The van der Waals surface area contributed by atoms with Crippen LogP contribution >= 0.6 is 0 Å². The average Bonchev–Trinajstić information content (AvgIpc) is 3.16. The summed E-state index contributed by atoms with van der Waals surface area (Å²) < 4.78 is 28.8. The molecule has 1 aromatic heterocycles. The molecule has 0 spiro atoms. The first-order valence-electron chi connectivity index (χ1n) is 12.2. The molecule has 0 saturated carbocycles. The number of hydrogen-bond donors (Lipinski definition) is 0. The lowest BCUT2D eigenvalue weighted by molar-refractivity contribution is -0.133. The standard InChI is InChI=1S/C28H34F2N4O/c1-5-33(27(35)16-28(2,3)4)19-25-24-18-32(17-20-6-8-21(29)9-7-20)15-14-26(24)34(31-25)23-12-10-22(30)11-13-23/h6-13H,5,14-19H2,1-4H3. The van der Waals surface area contributed by atoms with Crippen LogP contribution in [0.25, 0.3) is 5.69 Å². The van der Waals surface area contributed by atoms with Crippen LogP contribution in [0.15, 0.2) is 48.5 Å². The van der Waals surface area contributed by atoms with Gasteiger partial charge in [0.05, 0.1) is 23.6 Å². The summed E-state index contributed by atoms with van der Waals surface area (Å²) in [4.78, 5) is 17.2. The van der Waals surface area contributed by atoms with E-state index in [1.807, 2.05) is 28.6 Å². The third-order valence-electron chi connectivity index (χ3n) is 6.37. The van der Waals surface area contributed by atoms with Crippen LogP contribution in [0.3, 0.4) is 0 Å². The molecule has 35 heavy (non-hydrogen) atoms. The van der Waals surface area contributed by atoms with Crippen molar-refractivity contribution >= 4 is 5.91 Å². The van der Waals surface area contributed by atoms with Gasteiger partial charge in [-0.1, -0.05) is 32.9 Å². The first kappa shape index (κ1) is 25.0. The Bertz CT molecular complexity index is 1160. The molecule has 4 rings (SSSR count). The van der Waals surface area contributed by atoms with Gasteiger partial charge in [-0.3, -0.25) is 9.69 Å². The molecule has 0 unspecified atom stereocenters. The second-order valence-corrected chi connectivity index (χ2v) is 10.5. The van der Waals surface area contributed by atoms with Crippen LogP contribution in [0.1, 0.15) is 56.6 Å². The maximum Gasteiger partial charge on any atom is 0.223 e. The predicted molar refractivity (Wildman–Crippen MR) is 133 cm³/mol. The van der Waals surface area contributed by atoms with Gasteiger partial charge in [-0.05, 0) is 54.3 Å². The van der Waals surface area contributed by atoms with Gasteiger partial charge in [0.1, 0.15) is 11.6 Å². The molecule has 1 amide bonds. The summed E-state index contributed by atoms with van der Waals surface area (Å²) in [6.45, 7) is 11.5. The molecule has 0 atom stereocenters. The fourth-order valence-corrected chi connectivity index (χ4v) is 4.57. The number of amides is 1. The molecule has 5 nitrogen and oxygen atoms in total. The fourth-order valence-electron chi connectivity index (χ4n) is 4.57. The van der Waals surface area contributed by atoms with Crippen LogP contribution < -0.4 is 0 Å². The number of benzene rings is 2. The zero-order chi connectivity index (χ0) is 25.2. The Kier molecular flexibility index (Phi) is 7.36. The molecule has 3 aromatic rings. The molecule has 2 heterocycles. The molecule has 0 N–H and O–H groups in total. The van der Waals surface area contributed by atoms with Gasteiger partial charge in [0, 0.05) is 44.6 Å². The molecule has 1 aliphatic heterocycles. The van der Waals surface area contributed by atoms with Crippen molar-refractivity contribution < 1.29 is 13.6 Å². The minimum Gasteiger partial charge on any atom is -0.337 e. The minimum absolute atomic E-state index is 0.0939. The summed E-state index contributed by atoms with van der Waals surface area (Å²) in [6, 6.07) is 13.0. The lowest BCUT2D eigenvalue weighted by Gasteiger charge is -2.29. The Labute approximate surface area is 206 Å². The van der Waals surface area contributed by atoms with Crippen LogP contribution in [0.5, 0.6) is 0 Å². The van der Waals surface area contributed by atoms with E-state index in [2.05, 4.69) is 25.7 Å². The third-order valence-corrected chi connectivity index (χ3v) is 6.37. The Morgan fingerprint density at radius 2 is 1.66 bits per heavy atom. The zero-order valence-electron chi connectivity index (χ0n) is 21.0. The lowest BCUT2D eigenvalue weighted by atomic mass is 9.91. The molecule has 186 valence electrons. The van der Waals surface area contributed by atoms with E-state index >= 15 is 0 Å². The summed E-state index contributed by atoms with van der Waals surface area (Å²) in [5, 5.41) is 4.94. The van der Waals surface area contributed by atoms with Crippen molar-refractivity contribution in [2.24, 2.45) is 5.41 Å². The largest absolute Gasteiger partial charge is 0.337 e. The SMILES string of the molecule is CCN(Cc1nn(-c2ccc(F)cc2)c2c1CN(Cc1ccc(F)cc1)CC2)C(=O)CC(C)(C)C. The van der Waals surface area contributed by atoms with E-state index in [1.165, 1.54) is 24.3 Å². The lowest BCUT2D eigenvalue weighted by Crippen LogP contribution is -2.34. The molecular weight excluding hydrogens is 446 g/mol. The molecule has 0 bridgehead atoms. The Balaban J connectivity index is 1.64. The zero-order valence-corrected chi connectivity index (χ0v) is 21.0. The predicted octanol–water partition coefficient (Wildman–Crippen LogP) is 5.49.